The lowest BCUT2D eigenvalue weighted by Gasteiger charge is -2.11. The number of nitrogens with one attached hydrogen (secondary N) is 2. The van der Waals surface area contributed by atoms with Crippen LogP contribution in [0.2, 0.25) is 0 Å². The van der Waals surface area contributed by atoms with E-state index in [9.17, 15) is 9.59 Å². The van der Waals surface area contributed by atoms with E-state index in [2.05, 4.69) is 10.6 Å². The summed E-state index contributed by atoms with van der Waals surface area (Å²) >= 11 is 0. The summed E-state index contributed by atoms with van der Waals surface area (Å²) in [4.78, 5) is 21.9. The van der Waals surface area contributed by atoms with E-state index < -0.39 is 6.04 Å². The Morgan fingerprint density at radius 3 is 2.57 bits per heavy atom. The predicted molar refractivity (Wildman–Crippen MR) is 55.7 cm³/mol. The Balaban J connectivity index is 3.67. The summed E-state index contributed by atoms with van der Waals surface area (Å²) in [5, 5.41) is 5.23. The molecule has 2 amide bonds. The van der Waals surface area contributed by atoms with Crippen molar-refractivity contribution in [3.05, 3.63) is 12.2 Å². The molecule has 1 unspecified atom stereocenters. The van der Waals surface area contributed by atoms with Gasteiger partial charge in [-0.25, -0.2) is 0 Å². The minimum atomic E-state index is -0.460. The molecule has 0 aromatic carbocycles. The van der Waals surface area contributed by atoms with Crippen LogP contribution in [-0.2, 0) is 9.59 Å². The van der Waals surface area contributed by atoms with E-state index in [0.29, 0.717) is 6.54 Å². The Kier molecular flexibility index (Phi) is 6.45. The minimum absolute atomic E-state index is 0.148. The summed E-state index contributed by atoms with van der Waals surface area (Å²) in [6.45, 7) is 5.59. The molecule has 0 fully saturated rings. The first-order chi connectivity index (χ1) is 6.57. The summed E-state index contributed by atoms with van der Waals surface area (Å²) in [5.74, 6) is -0.342. The molecule has 0 aliphatic carbocycles. The molecule has 0 saturated carbocycles. The number of rotatable bonds is 5. The molecular weight excluding hydrogens is 180 g/mol. The molecule has 0 saturated heterocycles. The Morgan fingerprint density at radius 2 is 2.07 bits per heavy atom. The van der Waals surface area contributed by atoms with Crippen molar-refractivity contribution >= 4 is 11.8 Å². The zero-order chi connectivity index (χ0) is 11.0. The van der Waals surface area contributed by atoms with E-state index in [0.717, 1.165) is 6.42 Å². The number of carbonyl (C=O) groups excluding carboxylic acids is 2. The van der Waals surface area contributed by atoms with Crippen LogP contribution in [-0.4, -0.2) is 24.4 Å². The normalized spacial score (nSPS) is 12.5. The third-order valence-corrected chi connectivity index (χ3v) is 1.66. The highest BCUT2D eigenvalue weighted by Crippen LogP contribution is 1.84. The second-order valence-corrected chi connectivity index (χ2v) is 3.07. The van der Waals surface area contributed by atoms with Crippen LogP contribution in [0.1, 0.15) is 27.2 Å². The largest absolute Gasteiger partial charge is 0.354 e. The van der Waals surface area contributed by atoms with Gasteiger partial charge in [0, 0.05) is 13.5 Å². The molecule has 14 heavy (non-hydrogen) atoms. The van der Waals surface area contributed by atoms with Crippen molar-refractivity contribution in [3.63, 3.8) is 0 Å². The average Bonchev–Trinajstić information content (AvgIpc) is 2.11. The van der Waals surface area contributed by atoms with Gasteiger partial charge in [0.2, 0.25) is 11.8 Å². The highest BCUT2D eigenvalue weighted by atomic mass is 16.2. The van der Waals surface area contributed by atoms with Crippen molar-refractivity contribution in [1.82, 2.24) is 10.6 Å². The highest BCUT2D eigenvalue weighted by molar-refractivity contribution is 5.86. The molecule has 80 valence electrons. The number of hydrogen-bond donors (Lipinski definition) is 2. The van der Waals surface area contributed by atoms with E-state index in [1.165, 1.54) is 6.92 Å². The van der Waals surface area contributed by atoms with Crippen LogP contribution in [0.3, 0.4) is 0 Å². The molecule has 0 spiro atoms. The number of amides is 2. The molecule has 2 N–H and O–H groups in total. The van der Waals surface area contributed by atoms with Gasteiger partial charge in [-0.15, -0.1) is 0 Å². The van der Waals surface area contributed by atoms with Gasteiger partial charge in [-0.05, 0) is 20.3 Å². The third-order valence-electron chi connectivity index (χ3n) is 1.66. The molecule has 0 heterocycles. The second kappa shape index (κ2) is 7.12. The fourth-order valence-electron chi connectivity index (χ4n) is 0.969. The van der Waals surface area contributed by atoms with Crippen LogP contribution in [0.5, 0.6) is 0 Å². The van der Waals surface area contributed by atoms with Gasteiger partial charge in [0.15, 0.2) is 0 Å². The molecule has 0 bridgehead atoms. The average molecular weight is 198 g/mol. The fraction of sp³-hybridized carbons (Fsp3) is 0.600. The van der Waals surface area contributed by atoms with Gasteiger partial charge >= 0.3 is 0 Å². The molecule has 0 aromatic rings. The molecule has 0 aromatic heterocycles. The first-order valence-electron chi connectivity index (χ1n) is 4.74. The van der Waals surface area contributed by atoms with Crippen LogP contribution in [0.25, 0.3) is 0 Å². The monoisotopic (exact) mass is 198 g/mol. The summed E-state index contributed by atoms with van der Waals surface area (Å²) in [6.07, 6.45) is 4.72. The van der Waals surface area contributed by atoms with E-state index in [4.69, 9.17) is 0 Å². The molecule has 4 nitrogen and oxygen atoms in total. The van der Waals surface area contributed by atoms with Gasteiger partial charge in [0.25, 0.3) is 0 Å². The van der Waals surface area contributed by atoms with E-state index >= 15 is 0 Å². The summed E-state index contributed by atoms with van der Waals surface area (Å²) in [5.41, 5.74) is 0. The molecule has 0 aliphatic heterocycles. The van der Waals surface area contributed by atoms with Crippen LogP contribution in [0.15, 0.2) is 12.2 Å². The third kappa shape index (κ3) is 6.22. The molecule has 0 aliphatic rings. The Morgan fingerprint density at radius 1 is 1.43 bits per heavy atom. The van der Waals surface area contributed by atoms with E-state index in [1.54, 1.807) is 6.92 Å². The Labute approximate surface area is 84.8 Å². The summed E-state index contributed by atoms with van der Waals surface area (Å²) in [7, 11) is 0. The van der Waals surface area contributed by atoms with E-state index in [1.807, 2.05) is 19.1 Å². The quantitative estimate of drug-likeness (QED) is 0.502. The molecule has 0 radical (unpaired) electrons. The summed E-state index contributed by atoms with van der Waals surface area (Å²) in [6, 6.07) is -0.460. The van der Waals surface area contributed by atoms with Gasteiger partial charge in [-0.2, -0.15) is 0 Å². The van der Waals surface area contributed by atoms with Crippen molar-refractivity contribution in [2.45, 2.75) is 33.2 Å². The number of carbonyl (C=O) groups is 2. The lowest BCUT2D eigenvalue weighted by Crippen LogP contribution is -2.44. The predicted octanol–water partition coefficient (Wildman–Crippen LogP) is 0.593. The van der Waals surface area contributed by atoms with Gasteiger partial charge in [0.05, 0.1) is 0 Å². The standard InChI is InChI=1S/C10H18N2O2/c1-4-5-6-7-11-10(14)8(2)12-9(3)13/h4-5,8H,6-7H2,1-3H3,(H,11,14)(H,12,13)/b5-4+. The zero-order valence-corrected chi connectivity index (χ0v) is 8.96. The molecule has 4 heteroatoms. The highest BCUT2D eigenvalue weighted by Gasteiger charge is 2.11. The lowest BCUT2D eigenvalue weighted by atomic mass is 10.3. The first kappa shape index (κ1) is 12.7. The molecule has 0 rings (SSSR count). The van der Waals surface area contributed by atoms with Crippen LogP contribution in [0, 0.1) is 0 Å². The van der Waals surface area contributed by atoms with Gasteiger partial charge < -0.3 is 10.6 Å². The topological polar surface area (TPSA) is 58.2 Å². The summed E-state index contributed by atoms with van der Waals surface area (Å²) < 4.78 is 0. The maximum Gasteiger partial charge on any atom is 0.242 e. The zero-order valence-electron chi connectivity index (χ0n) is 8.96. The maximum atomic E-state index is 11.3. The van der Waals surface area contributed by atoms with Crippen LogP contribution >= 0.6 is 0 Å². The molecular formula is C10H18N2O2. The van der Waals surface area contributed by atoms with Gasteiger partial charge in [-0.1, -0.05) is 12.2 Å². The van der Waals surface area contributed by atoms with Crippen LogP contribution in [0.4, 0.5) is 0 Å². The SMILES string of the molecule is C/C=C/CCNC(=O)C(C)NC(C)=O. The van der Waals surface area contributed by atoms with Gasteiger partial charge in [0.1, 0.15) is 6.04 Å². The second-order valence-electron chi connectivity index (χ2n) is 3.07. The van der Waals surface area contributed by atoms with Gasteiger partial charge in [-0.3, -0.25) is 9.59 Å². The van der Waals surface area contributed by atoms with Crippen molar-refractivity contribution in [1.29, 1.82) is 0 Å². The maximum absolute atomic E-state index is 11.3. The van der Waals surface area contributed by atoms with Crippen molar-refractivity contribution in [2.24, 2.45) is 0 Å². The van der Waals surface area contributed by atoms with Crippen molar-refractivity contribution < 1.29 is 9.59 Å². The Bertz CT molecular complexity index is 224. The number of allylic oxidation sites excluding steroid dienone is 1. The molecule has 1 atom stereocenters. The first-order valence-corrected chi connectivity index (χ1v) is 4.74. The van der Waals surface area contributed by atoms with Crippen LogP contribution < -0.4 is 10.6 Å². The van der Waals surface area contributed by atoms with Crippen molar-refractivity contribution in [3.8, 4) is 0 Å². The smallest absolute Gasteiger partial charge is 0.242 e. The fourth-order valence-corrected chi connectivity index (χ4v) is 0.969. The van der Waals surface area contributed by atoms with E-state index in [-0.39, 0.29) is 11.8 Å². The lowest BCUT2D eigenvalue weighted by molar-refractivity contribution is -0.127. The minimum Gasteiger partial charge on any atom is -0.354 e. The Hall–Kier alpha value is -1.32. The number of hydrogen-bond acceptors (Lipinski definition) is 2. The van der Waals surface area contributed by atoms with Crippen molar-refractivity contribution in [2.75, 3.05) is 6.54 Å².